The third-order valence-corrected chi connectivity index (χ3v) is 2.06. The molecular weight excluding hydrogens is 230 g/mol. The van der Waals surface area contributed by atoms with E-state index in [0.29, 0.717) is 11.4 Å². The lowest BCUT2D eigenvalue weighted by atomic mass is 10.3. The van der Waals surface area contributed by atoms with Gasteiger partial charge in [-0.3, -0.25) is 10.2 Å². The van der Waals surface area contributed by atoms with Crippen molar-refractivity contribution in [1.82, 2.24) is 0 Å². The summed E-state index contributed by atoms with van der Waals surface area (Å²) in [5, 5.41) is 9.59. The molecule has 0 saturated heterocycles. The number of hydrogen-bond donors (Lipinski definition) is 1. The highest BCUT2D eigenvalue weighted by Crippen LogP contribution is 2.10. The van der Waals surface area contributed by atoms with Gasteiger partial charge in [-0.25, -0.2) is 4.79 Å². The molecule has 0 spiro atoms. The fourth-order valence-corrected chi connectivity index (χ4v) is 1.26. The number of nitrogens with zero attached hydrogens (tertiary/aromatic N) is 2. The van der Waals surface area contributed by atoms with Crippen molar-refractivity contribution in [3.8, 4) is 0 Å². The summed E-state index contributed by atoms with van der Waals surface area (Å²) >= 11 is 0. The average molecular weight is 241 g/mol. The lowest BCUT2D eigenvalue weighted by molar-refractivity contribution is 0.157. The Kier molecular flexibility index (Phi) is 4.02. The summed E-state index contributed by atoms with van der Waals surface area (Å²) in [5.74, 6) is 0. The van der Waals surface area contributed by atoms with Crippen LogP contribution >= 0.6 is 0 Å². The molecule has 2 rings (SSSR count). The zero-order valence-electron chi connectivity index (χ0n) is 9.48. The molecule has 1 N–H and O–H groups in total. The predicted octanol–water partition coefficient (Wildman–Crippen LogP) is 3.93. The van der Waals surface area contributed by atoms with Crippen LogP contribution in [0.3, 0.4) is 0 Å². The smallest absolute Gasteiger partial charge is 0.289 e. The molecule has 1 amide bonds. The van der Waals surface area contributed by atoms with Crippen LogP contribution in [-0.2, 0) is 4.84 Å². The van der Waals surface area contributed by atoms with Crippen LogP contribution in [0.15, 0.2) is 71.1 Å². The number of anilines is 1. The molecule has 2 aromatic carbocycles. The molecule has 0 saturated carbocycles. The van der Waals surface area contributed by atoms with Gasteiger partial charge in [-0.15, -0.1) is 5.11 Å². The Bertz CT molecular complexity index is 526. The Morgan fingerprint density at radius 3 is 2.22 bits per heavy atom. The van der Waals surface area contributed by atoms with Crippen LogP contribution in [0.5, 0.6) is 0 Å². The fourth-order valence-electron chi connectivity index (χ4n) is 1.26. The van der Waals surface area contributed by atoms with E-state index >= 15 is 0 Å². The zero-order chi connectivity index (χ0) is 12.6. The molecule has 0 unspecified atom stereocenters. The molecule has 0 aliphatic carbocycles. The molecule has 0 aliphatic heterocycles. The molecule has 0 atom stereocenters. The first-order valence-electron chi connectivity index (χ1n) is 5.34. The van der Waals surface area contributed by atoms with Gasteiger partial charge < -0.3 is 0 Å². The van der Waals surface area contributed by atoms with Crippen molar-refractivity contribution in [2.45, 2.75) is 0 Å². The van der Waals surface area contributed by atoms with Gasteiger partial charge in [0.2, 0.25) is 0 Å². The van der Waals surface area contributed by atoms with E-state index in [4.69, 9.17) is 0 Å². The van der Waals surface area contributed by atoms with Crippen molar-refractivity contribution >= 4 is 17.5 Å². The Balaban J connectivity index is 1.84. The average Bonchev–Trinajstić information content (AvgIpc) is 2.41. The lowest BCUT2D eigenvalue weighted by Gasteiger charge is -2.00. The maximum absolute atomic E-state index is 11.3. The highest BCUT2D eigenvalue weighted by Gasteiger charge is 2.01. The van der Waals surface area contributed by atoms with Gasteiger partial charge in [-0.05, 0) is 24.3 Å². The monoisotopic (exact) mass is 241 g/mol. The largest absolute Gasteiger partial charge is 0.439 e. The maximum Gasteiger partial charge on any atom is 0.439 e. The van der Waals surface area contributed by atoms with Crippen LogP contribution in [0.2, 0.25) is 0 Å². The number of benzene rings is 2. The molecule has 90 valence electrons. The molecular formula is C13H11N3O2. The van der Waals surface area contributed by atoms with Crippen LogP contribution < -0.4 is 5.32 Å². The second-order valence-electron chi connectivity index (χ2n) is 3.39. The van der Waals surface area contributed by atoms with Gasteiger partial charge >= 0.3 is 6.09 Å². The standard InChI is InChI=1S/C13H11N3O2/c17-13(14-11-7-3-1-4-8-11)18-16-15-12-9-5-2-6-10-12/h1-10H,(H,14,17). The van der Waals surface area contributed by atoms with Crippen molar-refractivity contribution in [3.63, 3.8) is 0 Å². The van der Waals surface area contributed by atoms with Gasteiger partial charge in [0.25, 0.3) is 0 Å². The zero-order valence-corrected chi connectivity index (χ0v) is 9.48. The molecule has 0 heterocycles. The molecule has 5 nitrogen and oxygen atoms in total. The number of nitrogens with one attached hydrogen (secondary N) is 1. The summed E-state index contributed by atoms with van der Waals surface area (Å²) in [6.45, 7) is 0. The molecule has 0 aromatic heterocycles. The molecule has 0 bridgehead atoms. The maximum atomic E-state index is 11.3. The Labute approximate surface area is 104 Å². The highest BCUT2D eigenvalue weighted by molar-refractivity contribution is 5.84. The van der Waals surface area contributed by atoms with E-state index in [1.807, 2.05) is 24.3 Å². The second-order valence-corrected chi connectivity index (χ2v) is 3.39. The molecule has 0 fully saturated rings. The van der Waals surface area contributed by atoms with E-state index in [0.717, 1.165) is 0 Å². The van der Waals surface area contributed by atoms with Crippen molar-refractivity contribution < 1.29 is 9.63 Å². The lowest BCUT2D eigenvalue weighted by Crippen LogP contribution is -2.09. The topological polar surface area (TPSA) is 63.0 Å². The number of amides is 1. The molecule has 2 aromatic rings. The summed E-state index contributed by atoms with van der Waals surface area (Å²) in [5.41, 5.74) is 1.25. The minimum Gasteiger partial charge on any atom is -0.289 e. The second kappa shape index (κ2) is 6.15. The third kappa shape index (κ3) is 3.71. The van der Waals surface area contributed by atoms with Crippen LogP contribution in [-0.4, -0.2) is 6.09 Å². The van der Waals surface area contributed by atoms with E-state index in [9.17, 15) is 4.79 Å². The number of carbonyl (C=O) groups excluding carboxylic acids is 1. The van der Waals surface area contributed by atoms with Crippen LogP contribution in [0.1, 0.15) is 0 Å². The van der Waals surface area contributed by atoms with Crippen LogP contribution in [0, 0.1) is 0 Å². The molecule has 18 heavy (non-hydrogen) atoms. The minimum absolute atomic E-state index is 0.616. The third-order valence-electron chi connectivity index (χ3n) is 2.06. The SMILES string of the molecule is O=C(Nc1ccccc1)ON=Nc1ccccc1. The summed E-state index contributed by atoms with van der Waals surface area (Å²) in [6, 6.07) is 18.0. The quantitative estimate of drug-likeness (QED) is 0.653. The first kappa shape index (κ1) is 11.8. The van der Waals surface area contributed by atoms with E-state index in [2.05, 4.69) is 20.5 Å². The molecule has 0 aliphatic rings. The molecule has 0 radical (unpaired) electrons. The minimum atomic E-state index is -0.680. The first-order chi connectivity index (χ1) is 8.84. The van der Waals surface area contributed by atoms with Gasteiger partial charge in [-0.2, -0.15) is 0 Å². The van der Waals surface area contributed by atoms with Gasteiger partial charge in [0.1, 0.15) is 0 Å². The van der Waals surface area contributed by atoms with E-state index in [1.165, 1.54) is 0 Å². The first-order valence-corrected chi connectivity index (χ1v) is 5.34. The van der Waals surface area contributed by atoms with Gasteiger partial charge in [0, 0.05) is 11.0 Å². The van der Waals surface area contributed by atoms with E-state index < -0.39 is 6.09 Å². The van der Waals surface area contributed by atoms with Gasteiger partial charge in [0.15, 0.2) is 0 Å². The number of carbonyl (C=O) groups is 1. The van der Waals surface area contributed by atoms with E-state index in [1.54, 1.807) is 36.4 Å². The van der Waals surface area contributed by atoms with Crippen molar-refractivity contribution in [2.24, 2.45) is 10.4 Å². The highest BCUT2D eigenvalue weighted by atomic mass is 16.7. The number of hydrogen-bond acceptors (Lipinski definition) is 4. The Morgan fingerprint density at radius 1 is 0.944 bits per heavy atom. The predicted molar refractivity (Wildman–Crippen MR) is 67.5 cm³/mol. The van der Waals surface area contributed by atoms with Crippen molar-refractivity contribution in [1.29, 1.82) is 0 Å². The van der Waals surface area contributed by atoms with E-state index in [-0.39, 0.29) is 0 Å². The number of para-hydroxylation sites is 1. The normalized spacial score (nSPS) is 10.2. The Hall–Kier alpha value is -2.69. The van der Waals surface area contributed by atoms with Crippen LogP contribution in [0.25, 0.3) is 0 Å². The summed E-state index contributed by atoms with van der Waals surface area (Å²) in [7, 11) is 0. The van der Waals surface area contributed by atoms with Crippen LogP contribution in [0.4, 0.5) is 16.2 Å². The summed E-state index contributed by atoms with van der Waals surface area (Å²) in [4.78, 5) is 15.9. The summed E-state index contributed by atoms with van der Waals surface area (Å²) in [6.07, 6.45) is -0.680. The summed E-state index contributed by atoms with van der Waals surface area (Å²) < 4.78 is 0. The van der Waals surface area contributed by atoms with Gasteiger partial charge in [0.05, 0.1) is 5.69 Å². The van der Waals surface area contributed by atoms with Crippen molar-refractivity contribution in [3.05, 3.63) is 60.7 Å². The molecule has 5 heteroatoms. The number of rotatable bonds is 3. The van der Waals surface area contributed by atoms with Crippen molar-refractivity contribution in [2.75, 3.05) is 5.32 Å². The Morgan fingerprint density at radius 2 is 1.56 bits per heavy atom. The fraction of sp³-hybridized carbons (Fsp3) is 0. The van der Waals surface area contributed by atoms with Gasteiger partial charge in [-0.1, -0.05) is 36.4 Å².